The third-order valence-corrected chi connectivity index (χ3v) is 5.72. The highest BCUT2D eigenvalue weighted by molar-refractivity contribution is 6.45. The third kappa shape index (κ3) is 20.0. The predicted molar refractivity (Wildman–Crippen MR) is 157 cm³/mol. The standard InChI is InChI=1S/C15H24N2O.C6H10.C4H8O.C4H10.C2H6/c1-11-6-5-9-17(10-11)15(18)14(16-3)13-8-4-7-12(13)2;1-3-5-6-4-2;1-3-4(2)5;1-3-4-2;1-2/h11H,4-10H2,1-3H3;3-4H,1-2,5-6H2;3H2,1-2H3;3-4H2,1-2H3;1-2H3/t11-;;;;/m1..../s1. The van der Waals surface area contributed by atoms with E-state index in [1.165, 1.54) is 36.8 Å². The maximum absolute atomic E-state index is 12.6. The Labute approximate surface area is 219 Å². The van der Waals surface area contributed by atoms with Crippen LogP contribution in [-0.2, 0) is 9.59 Å². The minimum absolute atomic E-state index is 0.153. The zero-order valence-electron chi connectivity index (χ0n) is 24.8. The molecule has 2 rings (SSSR count). The molecule has 1 atom stereocenters. The number of hydrogen-bond donors (Lipinski definition) is 0. The summed E-state index contributed by atoms with van der Waals surface area (Å²) >= 11 is 0. The van der Waals surface area contributed by atoms with Crippen LogP contribution in [0.2, 0.25) is 0 Å². The lowest BCUT2D eigenvalue weighted by molar-refractivity contribution is -0.125. The minimum Gasteiger partial charge on any atom is -0.337 e. The van der Waals surface area contributed by atoms with Crippen LogP contribution in [-0.4, -0.2) is 42.4 Å². The summed E-state index contributed by atoms with van der Waals surface area (Å²) < 4.78 is 0. The lowest BCUT2D eigenvalue weighted by Gasteiger charge is -2.31. The molecule has 1 saturated heterocycles. The smallest absolute Gasteiger partial charge is 0.272 e. The molecular formula is C31H58N2O2. The van der Waals surface area contributed by atoms with Crippen LogP contribution in [0.25, 0.3) is 0 Å². The highest BCUT2D eigenvalue weighted by Crippen LogP contribution is 2.28. The van der Waals surface area contributed by atoms with Crippen molar-refractivity contribution in [2.45, 2.75) is 120 Å². The molecule has 1 fully saturated rings. The van der Waals surface area contributed by atoms with E-state index in [0.29, 0.717) is 12.3 Å². The molecule has 0 saturated carbocycles. The summed E-state index contributed by atoms with van der Waals surface area (Å²) in [6.45, 7) is 25.0. The van der Waals surface area contributed by atoms with E-state index in [-0.39, 0.29) is 11.7 Å². The number of carbonyl (C=O) groups excluding carboxylic acids is 2. The van der Waals surface area contributed by atoms with Crippen LogP contribution in [0.1, 0.15) is 120 Å². The Morgan fingerprint density at radius 3 is 1.86 bits per heavy atom. The fourth-order valence-electron chi connectivity index (χ4n) is 3.33. The predicted octanol–water partition coefficient (Wildman–Crippen LogP) is 8.77. The average molecular weight is 491 g/mol. The molecule has 0 N–H and O–H groups in total. The Bertz CT molecular complexity index is 622. The van der Waals surface area contributed by atoms with Crippen LogP contribution in [0, 0.1) is 5.92 Å². The van der Waals surface area contributed by atoms with Gasteiger partial charge in [-0.05, 0) is 70.3 Å². The second-order valence-corrected chi connectivity index (χ2v) is 8.89. The largest absolute Gasteiger partial charge is 0.337 e. The van der Waals surface area contributed by atoms with Crippen LogP contribution in [0.15, 0.2) is 41.4 Å². The molecule has 35 heavy (non-hydrogen) atoms. The first kappa shape index (κ1) is 37.6. The van der Waals surface area contributed by atoms with E-state index in [4.69, 9.17) is 0 Å². The number of unbranched alkanes of at least 4 members (excludes halogenated alkanes) is 2. The van der Waals surface area contributed by atoms with Crippen molar-refractivity contribution in [3.8, 4) is 0 Å². The monoisotopic (exact) mass is 490 g/mol. The zero-order valence-corrected chi connectivity index (χ0v) is 24.8. The van der Waals surface area contributed by atoms with Gasteiger partial charge in [-0.15, -0.1) is 13.2 Å². The van der Waals surface area contributed by atoms with Gasteiger partial charge in [0.05, 0.1) is 0 Å². The SMILES string of the molecule is C=CCCC=C.CC.CCC(C)=O.CCCC.CN=C(C(=O)N1CCC[C@@H](C)C1)C1=C(C)CCC1. The van der Waals surface area contributed by atoms with Crippen molar-refractivity contribution < 1.29 is 9.59 Å². The van der Waals surface area contributed by atoms with Crippen LogP contribution >= 0.6 is 0 Å². The lowest BCUT2D eigenvalue weighted by atomic mass is 9.98. The number of likely N-dealkylation sites (tertiary alicyclic amines) is 1. The number of allylic oxidation sites excluding steroid dienone is 3. The molecule has 204 valence electrons. The normalized spacial score (nSPS) is 16.7. The molecule has 0 aromatic rings. The fourth-order valence-corrected chi connectivity index (χ4v) is 3.33. The van der Waals surface area contributed by atoms with Crippen LogP contribution in [0.3, 0.4) is 0 Å². The van der Waals surface area contributed by atoms with Crippen molar-refractivity contribution in [3.05, 3.63) is 36.5 Å². The Morgan fingerprint density at radius 2 is 1.54 bits per heavy atom. The van der Waals surface area contributed by atoms with Gasteiger partial charge < -0.3 is 9.69 Å². The Hall–Kier alpha value is -1.97. The number of ketones is 1. The molecule has 0 aromatic carbocycles. The van der Waals surface area contributed by atoms with Gasteiger partial charge in [-0.3, -0.25) is 9.79 Å². The average Bonchev–Trinajstić information content (AvgIpc) is 3.30. The van der Waals surface area contributed by atoms with E-state index >= 15 is 0 Å². The molecule has 0 bridgehead atoms. The summed E-state index contributed by atoms with van der Waals surface area (Å²) in [5.41, 5.74) is 3.29. The van der Waals surface area contributed by atoms with E-state index < -0.39 is 0 Å². The maximum Gasteiger partial charge on any atom is 0.272 e. The summed E-state index contributed by atoms with van der Waals surface area (Å²) in [7, 11) is 1.75. The number of piperidine rings is 1. The van der Waals surface area contributed by atoms with Gasteiger partial charge in [0.2, 0.25) is 0 Å². The van der Waals surface area contributed by atoms with Gasteiger partial charge in [0, 0.05) is 26.6 Å². The third-order valence-electron chi connectivity index (χ3n) is 5.72. The van der Waals surface area contributed by atoms with Crippen molar-refractivity contribution in [2.24, 2.45) is 10.9 Å². The Morgan fingerprint density at radius 1 is 1.03 bits per heavy atom. The van der Waals surface area contributed by atoms with E-state index in [1.807, 2.05) is 37.8 Å². The highest BCUT2D eigenvalue weighted by atomic mass is 16.2. The minimum atomic E-state index is 0.153. The van der Waals surface area contributed by atoms with Crippen molar-refractivity contribution in [2.75, 3.05) is 20.1 Å². The molecule has 1 amide bonds. The zero-order chi connectivity index (χ0) is 27.6. The van der Waals surface area contributed by atoms with Crippen LogP contribution in [0.4, 0.5) is 0 Å². The molecule has 1 aliphatic heterocycles. The van der Waals surface area contributed by atoms with Crippen molar-refractivity contribution in [1.29, 1.82) is 0 Å². The van der Waals surface area contributed by atoms with Gasteiger partial charge in [-0.2, -0.15) is 0 Å². The van der Waals surface area contributed by atoms with Gasteiger partial charge in [-0.25, -0.2) is 0 Å². The van der Waals surface area contributed by atoms with Gasteiger partial charge in [0.1, 0.15) is 11.5 Å². The van der Waals surface area contributed by atoms with Crippen molar-refractivity contribution in [1.82, 2.24) is 4.90 Å². The van der Waals surface area contributed by atoms with Crippen molar-refractivity contribution >= 4 is 17.4 Å². The fraction of sp³-hybridized carbons (Fsp3) is 0.710. The molecule has 1 heterocycles. The first-order valence-corrected chi connectivity index (χ1v) is 13.9. The summed E-state index contributed by atoms with van der Waals surface area (Å²) in [4.78, 5) is 28.7. The number of carbonyl (C=O) groups is 2. The number of hydrogen-bond acceptors (Lipinski definition) is 3. The molecule has 0 unspecified atom stereocenters. The summed E-state index contributed by atoms with van der Waals surface area (Å²) in [5, 5.41) is 0. The molecule has 4 nitrogen and oxygen atoms in total. The van der Waals surface area contributed by atoms with Crippen LogP contribution in [0.5, 0.6) is 0 Å². The molecule has 0 aromatic heterocycles. The van der Waals surface area contributed by atoms with E-state index in [9.17, 15) is 9.59 Å². The maximum atomic E-state index is 12.6. The first-order chi connectivity index (χ1) is 16.7. The number of Topliss-reactive ketones (excluding diaryl/α,β-unsaturated/α-hetero) is 1. The number of nitrogens with zero attached hydrogens (tertiary/aromatic N) is 2. The molecular weight excluding hydrogens is 432 g/mol. The second-order valence-electron chi connectivity index (χ2n) is 8.89. The molecule has 2 aliphatic rings. The number of amides is 1. The number of aliphatic imine (C=N–C) groups is 1. The molecule has 1 aliphatic carbocycles. The van der Waals surface area contributed by atoms with E-state index in [2.05, 4.69) is 45.8 Å². The lowest BCUT2D eigenvalue weighted by Crippen LogP contribution is -2.43. The van der Waals surface area contributed by atoms with Crippen molar-refractivity contribution in [3.63, 3.8) is 0 Å². The van der Waals surface area contributed by atoms with E-state index in [1.54, 1.807) is 14.0 Å². The summed E-state index contributed by atoms with van der Waals surface area (Å²) in [5.74, 6) is 1.03. The highest BCUT2D eigenvalue weighted by Gasteiger charge is 2.28. The summed E-state index contributed by atoms with van der Waals surface area (Å²) in [6, 6.07) is 0. The van der Waals surface area contributed by atoms with Gasteiger partial charge in [-0.1, -0.05) is 72.1 Å². The van der Waals surface area contributed by atoms with Gasteiger partial charge in [0.25, 0.3) is 5.91 Å². The van der Waals surface area contributed by atoms with Gasteiger partial charge >= 0.3 is 0 Å². The topological polar surface area (TPSA) is 49.7 Å². The van der Waals surface area contributed by atoms with E-state index in [0.717, 1.165) is 50.9 Å². The Kier molecular flexibility index (Phi) is 28.6. The first-order valence-electron chi connectivity index (χ1n) is 13.9. The quantitative estimate of drug-likeness (QED) is 0.203. The molecule has 0 radical (unpaired) electrons. The number of rotatable bonds is 7. The Balaban J connectivity index is -0.000000496. The summed E-state index contributed by atoms with van der Waals surface area (Å²) in [6.07, 6.45) is 14.9. The second kappa shape index (κ2) is 26.6. The van der Waals surface area contributed by atoms with Crippen LogP contribution < -0.4 is 0 Å². The molecule has 4 heteroatoms. The van der Waals surface area contributed by atoms with Gasteiger partial charge in [0.15, 0.2) is 0 Å². The molecule has 0 spiro atoms.